The molecule has 3 nitrogen and oxygen atoms in total. The summed E-state index contributed by atoms with van der Waals surface area (Å²) in [5, 5.41) is 1.66. The predicted octanol–water partition coefficient (Wildman–Crippen LogP) is 5.14. The summed E-state index contributed by atoms with van der Waals surface area (Å²) in [6, 6.07) is 1.78. The minimum Gasteiger partial charge on any atom is -0.355 e. The van der Waals surface area contributed by atoms with E-state index in [0.717, 1.165) is 30.7 Å². The smallest absolute Gasteiger partial charge is 0.189 e. The van der Waals surface area contributed by atoms with Crippen LogP contribution in [-0.2, 0) is 0 Å². The number of anilines is 1. The number of piperidine rings is 1. The van der Waals surface area contributed by atoms with Crippen LogP contribution in [0.5, 0.6) is 0 Å². The average molecular weight is 417 g/mol. The number of hydrogen-bond donors (Lipinski definition) is 0. The zero-order valence-electron chi connectivity index (χ0n) is 12.7. The van der Waals surface area contributed by atoms with Crippen LogP contribution in [-0.4, -0.2) is 29.3 Å². The van der Waals surface area contributed by atoms with E-state index in [1.807, 2.05) is 6.26 Å². The highest BCUT2D eigenvalue weighted by atomic mass is 79.9. The maximum atomic E-state index is 14.6. The molecule has 2 unspecified atom stereocenters. The van der Waals surface area contributed by atoms with Gasteiger partial charge in [-0.05, 0) is 59.4 Å². The van der Waals surface area contributed by atoms with Crippen molar-refractivity contribution in [2.45, 2.75) is 24.4 Å². The lowest BCUT2D eigenvalue weighted by Crippen LogP contribution is -2.37. The first-order valence-electron chi connectivity index (χ1n) is 7.71. The zero-order chi connectivity index (χ0) is 16.1. The highest BCUT2D eigenvalue weighted by Gasteiger charge is 2.34. The Kier molecular flexibility index (Phi) is 4.18. The SMILES string of the molecule is CSc1nc(N2CC3CCC(C3)C2)c2cc(Cl)c(Br)c(F)c2n1. The maximum Gasteiger partial charge on any atom is 0.189 e. The molecule has 7 heteroatoms. The van der Waals surface area contributed by atoms with E-state index in [2.05, 4.69) is 30.8 Å². The summed E-state index contributed by atoms with van der Waals surface area (Å²) in [6.45, 7) is 1.98. The largest absolute Gasteiger partial charge is 0.355 e. The Labute approximate surface area is 152 Å². The molecule has 1 aromatic carbocycles. The van der Waals surface area contributed by atoms with E-state index in [1.54, 1.807) is 6.07 Å². The molecule has 1 saturated carbocycles. The minimum atomic E-state index is -0.411. The van der Waals surface area contributed by atoms with Gasteiger partial charge in [-0.2, -0.15) is 0 Å². The topological polar surface area (TPSA) is 29.0 Å². The van der Waals surface area contributed by atoms with E-state index in [0.29, 0.717) is 21.1 Å². The number of nitrogens with zero attached hydrogens (tertiary/aromatic N) is 3. The number of thioether (sulfide) groups is 1. The number of hydrogen-bond acceptors (Lipinski definition) is 4. The van der Waals surface area contributed by atoms with E-state index in [1.165, 1.54) is 31.0 Å². The molecular weight excluding hydrogens is 401 g/mol. The van der Waals surface area contributed by atoms with Crippen molar-refractivity contribution in [1.29, 1.82) is 0 Å². The normalized spacial score (nSPS) is 23.7. The fourth-order valence-corrected chi connectivity index (χ4v) is 4.70. The van der Waals surface area contributed by atoms with Crippen molar-refractivity contribution in [3.63, 3.8) is 0 Å². The third-order valence-electron chi connectivity index (χ3n) is 4.88. The number of halogens is 3. The summed E-state index contributed by atoms with van der Waals surface area (Å²) in [5.41, 5.74) is 0.341. The first kappa shape index (κ1) is 15.9. The molecule has 2 atom stereocenters. The number of fused-ring (bicyclic) bond motifs is 3. The summed E-state index contributed by atoms with van der Waals surface area (Å²) in [5.74, 6) is 1.87. The number of benzene rings is 1. The molecule has 0 amide bonds. The Balaban J connectivity index is 1.90. The molecule has 1 aliphatic heterocycles. The van der Waals surface area contributed by atoms with E-state index in [-0.39, 0.29) is 4.47 Å². The summed E-state index contributed by atoms with van der Waals surface area (Å²) < 4.78 is 14.9. The summed E-state index contributed by atoms with van der Waals surface area (Å²) in [4.78, 5) is 11.4. The first-order valence-corrected chi connectivity index (χ1v) is 10.1. The van der Waals surface area contributed by atoms with Gasteiger partial charge < -0.3 is 4.90 Å². The molecule has 0 N–H and O–H groups in total. The molecular formula is C16H16BrClFN3S. The first-order chi connectivity index (χ1) is 11.1. The molecule has 2 bridgehead atoms. The maximum absolute atomic E-state index is 14.6. The monoisotopic (exact) mass is 415 g/mol. The van der Waals surface area contributed by atoms with Gasteiger partial charge >= 0.3 is 0 Å². The molecule has 2 fully saturated rings. The average Bonchev–Trinajstić information content (AvgIpc) is 2.90. The molecule has 2 aromatic rings. The second kappa shape index (κ2) is 6.05. The van der Waals surface area contributed by atoms with Gasteiger partial charge in [0.2, 0.25) is 0 Å². The molecule has 1 saturated heterocycles. The summed E-state index contributed by atoms with van der Waals surface area (Å²) in [6.07, 6.45) is 5.81. The molecule has 122 valence electrons. The van der Waals surface area contributed by atoms with Gasteiger partial charge in [-0.1, -0.05) is 23.4 Å². The Bertz CT molecular complexity index is 776. The molecule has 0 radical (unpaired) electrons. The van der Waals surface area contributed by atoms with Crippen LogP contribution >= 0.6 is 39.3 Å². The van der Waals surface area contributed by atoms with Gasteiger partial charge in [0.25, 0.3) is 0 Å². The van der Waals surface area contributed by atoms with Crippen molar-refractivity contribution in [1.82, 2.24) is 9.97 Å². The quantitative estimate of drug-likeness (QED) is 0.385. The van der Waals surface area contributed by atoms with E-state index >= 15 is 0 Å². The zero-order valence-corrected chi connectivity index (χ0v) is 15.8. The van der Waals surface area contributed by atoms with Gasteiger partial charge in [0.05, 0.1) is 9.50 Å². The Morgan fingerprint density at radius 3 is 2.65 bits per heavy atom. The predicted molar refractivity (Wildman–Crippen MR) is 97.0 cm³/mol. The van der Waals surface area contributed by atoms with Gasteiger partial charge in [-0.3, -0.25) is 0 Å². The van der Waals surface area contributed by atoms with Gasteiger partial charge in [0.1, 0.15) is 11.3 Å². The van der Waals surface area contributed by atoms with Crippen molar-refractivity contribution in [2.75, 3.05) is 24.2 Å². The van der Waals surface area contributed by atoms with Gasteiger partial charge in [0, 0.05) is 18.5 Å². The van der Waals surface area contributed by atoms with Gasteiger partial charge in [-0.15, -0.1) is 0 Å². The lowest BCUT2D eigenvalue weighted by Gasteiger charge is -2.33. The van der Waals surface area contributed by atoms with Crippen molar-refractivity contribution >= 4 is 56.0 Å². The number of aromatic nitrogens is 2. The van der Waals surface area contributed by atoms with Crippen LogP contribution in [0.2, 0.25) is 5.02 Å². The van der Waals surface area contributed by atoms with Crippen LogP contribution in [0, 0.1) is 17.7 Å². The molecule has 1 aromatic heterocycles. The van der Waals surface area contributed by atoms with Crippen LogP contribution in [0.1, 0.15) is 19.3 Å². The lowest BCUT2D eigenvalue weighted by atomic mass is 9.98. The fraction of sp³-hybridized carbons (Fsp3) is 0.500. The number of rotatable bonds is 2. The molecule has 2 heterocycles. The molecule has 1 aliphatic carbocycles. The standard InChI is InChI=1S/C16H16BrClFN3S/c1-23-16-20-14-10(5-11(18)12(17)13(14)19)15(21-16)22-6-8-2-3-9(4-8)7-22/h5,8-9H,2-4,6-7H2,1H3. The highest BCUT2D eigenvalue weighted by molar-refractivity contribution is 9.10. The molecule has 2 aliphatic rings. The van der Waals surface area contributed by atoms with E-state index < -0.39 is 5.82 Å². The van der Waals surface area contributed by atoms with Crippen LogP contribution in [0.3, 0.4) is 0 Å². The van der Waals surface area contributed by atoms with Crippen LogP contribution in [0.4, 0.5) is 10.2 Å². The second-order valence-electron chi connectivity index (χ2n) is 6.37. The third-order valence-corrected chi connectivity index (χ3v) is 6.72. The van der Waals surface area contributed by atoms with Crippen molar-refractivity contribution in [3.8, 4) is 0 Å². The molecule has 23 heavy (non-hydrogen) atoms. The van der Waals surface area contributed by atoms with Crippen molar-refractivity contribution < 1.29 is 4.39 Å². The minimum absolute atomic E-state index is 0.266. The third kappa shape index (κ3) is 2.72. The van der Waals surface area contributed by atoms with Gasteiger partial charge in [0.15, 0.2) is 11.0 Å². The fourth-order valence-electron chi connectivity index (χ4n) is 3.85. The molecule has 0 spiro atoms. The van der Waals surface area contributed by atoms with Gasteiger partial charge in [-0.25, -0.2) is 14.4 Å². The summed E-state index contributed by atoms with van der Waals surface area (Å²) in [7, 11) is 0. The van der Waals surface area contributed by atoms with E-state index in [4.69, 9.17) is 11.6 Å². The van der Waals surface area contributed by atoms with Crippen LogP contribution in [0.25, 0.3) is 10.9 Å². The summed E-state index contributed by atoms with van der Waals surface area (Å²) >= 11 is 10.8. The lowest BCUT2D eigenvalue weighted by molar-refractivity contribution is 0.419. The molecule has 4 rings (SSSR count). The van der Waals surface area contributed by atoms with Crippen LogP contribution < -0.4 is 4.90 Å². The second-order valence-corrected chi connectivity index (χ2v) is 8.34. The van der Waals surface area contributed by atoms with Crippen molar-refractivity contribution in [3.05, 3.63) is 21.4 Å². The Morgan fingerprint density at radius 1 is 1.30 bits per heavy atom. The Hall–Kier alpha value is -0.590. The Morgan fingerprint density at radius 2 is 2.00 bits per heavy atom. The van der Waals surface area contributed by atoms with Crippen molar-refractivity contribution in [2.24, 2.45) is 11.8 Å². The van der Waals surface area contributed by atoms with Crippen LogP contribution in [0.15, 0.2) is 15.7 Å². The van der Waals surface area contributed by atoms with E-state index in [9.17, 15) is 4.39 Å². The highest BCUT2D eigenvalue weighted by Crippen LogP contribution is 2.41.